The van der Waals surface area contributed by atoms with Crippen molar-refractivity contribution in [2.45, 2.75) is 13.0 Å². The lowest BCUT2D eigenvalue weighted by atomic mass is 10.2. The summed E-state index contributed by atoms with van der Waals surface area (Å²) in [5.41, 5.74) is 1.27. The largest absolute Gasteiger partial charge is 0.377 e. The zero-order chi connectivity index (χ0) is 6.69. The molecule has 0 aliphatic heterocycles. The fraction of sp³-hybridized carbons (Fsp3) is 0.429. The van der Waals surface area contributed by atoms with Gasteiger partial charge in [0, 0.05) is 7.11 Å². The van der Waals surface area contributed by atoms with Crippen LogP contribution in [0.25, 0.3) is 0 Å². The summed E-state index contributed by atoms with van der Waals surface area (Å²) in [4.78, 5) is 0. The first kappa shape index (κ1) is 6.78. The van der Waals surface area contributed by atoms with Gasteiger partial charge < -0.3 is 4.74 Å². The first-order valence-corrected chi connectivity index (χ1v) is 3.83. The third-order valence-corrected chi connectivity index (χ3v) is 2.07. The molecule has 0 saturated heterocycles. The van der Waals surface area contributed by atoms with Crippen LogP contribution in [0.1, 0.15) is 18.6 Å². The Morgan fingerprint density at radius 1 is 1.67 bits per heavy atom. The van der Waals surface area contributed by atoms with Gasteiger partial charge in [-0.1, -0.05) is 0 Å². The Morgan fingerprint density at radius 2 is 2.44 bits per heavy atom. The number of hydrogen-bond acceptors (Lipinski definition) is 2. The predicted molar refractivity (Wildman–Crippen MR) is 39.7 cm³/mol. The minimum atomic E-state index is 0.247. The van der Waals surface area contributed by atoms with Crippen molar-refractivity contribution in [3.05, 3.63) is 22.4 Å². The molecule has 0 aliphatic rings. The molecule has 0 aromatic carbocycles. The van der Waals surface area contributed by atoms with E-state index in [0.29, 0.717) is 0 Å². The Labute approximate surface area is 59.3 Å². The lowest BCUT2D eigenvalue weighted by Crippen LogP contribution is -1.91. The predicted octanol–water partition coefficient (Wildman–Crippen LogP) is 2.46. The van der Waals surface area contributed by atoms with Gasteiger partial charge in [0.25, 0.3) is 0 Å². The maximum absolute atomic E-state index is 5.10. The average molecular weight is 142 g/mol. The summed E-state index contributed by atoms with van der Waals surface area (Å²) in [6.07, 6.45) is 0.247. The summed E-state index contributed by atoms with van der Waals surface area (Å²) in [5, 5.41) is 4.17. The second kappa shape index (κ2) is 2.99. The molecule has 0 N–H and O–H groups in total. The minimum absolute atomic E-state index is 0.247. The van der Waals surface area contributed by atoms with Gasteiger partial charge in [-0.3, -0.25) is 0 Å². The van der Waals surface area contributed by atoms with E-state index in [2.05, 4.69) is 16.8 Å². The van der Waals surface area contributed by atoms with Crippen LogP contribution in [0.2, 0.25) is 0 Å². The standard InChI is InChI=1S/C7H10OS/c1-6(8-2)7-3-4-9-5-7/h3-6H,1-2H3. The molecule has 1 aromatic rings. The molecular weight excluding hydrogens is 132 g/mol. The van der Waals surface area contributed by atoms with Crippen molar-refractivity contribution >= 4 is 11.3 Å². The third-order valence-electron chi connectivity index (χ3n) is 1.37. The molecule has 1 rings (SSSR count). The zero-order valence-electron chi connectivity index (χ0n) is 5.63. The summed E-state index contributed by atoms with van der Waals surface area (Å²) < 4.78 is 5.10. The number of rotatable bonds is 2. The molecule has 1 unspecified atom stereocenters. The first-order chi connectivity index (χ1) is 4.34. The quantitative estimate of drug-likeness (QED) is 0.616. The van der Waals surface area contributed by atoms with Gasteiger partial charge in [0.1, 0.15) is 0 Å². The number of methoxy groups -OCH3 is 1. The van der Waals surface area contributed by atoms with E-state index in [1.54, 1.807) is 18.4 Å². The lowest BCUT2D eigenvalue weighted by molar-refractivity contribution is 0.120. The van der Waals surface area contributed by atoms with Crippen LogP contribution in [0, 0.1) is 0 Å². The van der Waals surface area contributed by atoms with E-state index < -0.39 is 0 Å². The van der Waals surface area contributed by atoms with E-state index in [1.807, 2.05) is 6.92 Å². The van der Waals surface area contributed by atoms with Crippen molar-refractivity contribution in [1.82, 2.24) is 0 Å². The Kier molecular flexibility index (Phi) is 2.25. The Hall–Kier alpha value is -0.340. The van der Waals surface area contributed by atoms with Crippen LogP contribution >= 0.6 is 11.3 Å². The van der Waals surface area contributed by atoms with Crippen LogP contribution in [-0.4, -0.2) is 7.11 Å². The molecule has 1 nitrogen and oxygen atoms in total. The highest BCUT2D eigenvalue weighted by Crippen LogP contribution is 2.17. The molecule has 0 saturated carbocycles. The van der Waals surface area contributed by atoms with Gasteiger partial charge in [-0.05, 0) is 29.3 Å². The van der Waals surface area contributed by atoms with E-state index in [0.717, 1.165) is 0 Å². The van der Waals surface area contributed by atoms with Crippen molar-refractivity contribution in [2.24, 2.45) is 0 Å². The summed E-state index contributed by atoms with van der Waals surface area (Å²) in [5.74, 6) is 0. The van der Waals surface area contributed by atoms with Gasteiger partial charge in [-0.2, -0.15) is 11.3 Å². The molecular formula is C7H10OS. The molecule has 1 atom stereocenters. The molecule has 0 bridgehead atoms. The molecule has 50 valence electrons. The van der Waals surface area contributed by atoms with Gasteiger partial charge in [0.15, 0.2) is 0 Å². The second-order valence-corrected chi connectivity index (χ2v) is 2.71. The van der Waals surface area contributed by atoms with E-state index in [1.165, 1.54) is 5.56 Å². The SMILES string of the molecule is COC(C)c1ccsc1. The topological polar surface area (TPSA) is 9.23 Å². The van der Waals surface area contributed by atoms with Crippen molar-refractivity contribution < 1.29 is 4.74 Å². The van der Waals surface area contributed by atoms with Crippen molar-refractivity contribution in [1.29, 1.82) is 0 Å². The van der Waals surface area contributed by atoms with Gasteiger partial charge in [-0.15, -0.1) is 0 Å². The molecule has 2 heteroatoms. The second-order valence-electron chi connectivity index (χ2n) is 1.93. The van der Waals surface area contributed by atoms with Gasteiger partial charge in [-0.25, -0.2) is 0 Å². The first-order valence-electron chi connectivity index (χ1n) is 2.89. The Balaban J connectivity index is 2.65. The highest BCUT2D eigenvalue weighted by Gasteiger charge is 2.00. The monoisotopic (exact) mass is 142 g/mol. The molecule has 0 aliphatic carbocycles. The molecule has 0 radical (unpaired) electrons. The van der Waals surface area contributed by atoms with Gasteiger partial charge >= 0.3 is 0 Å². The summed E-state index contributed by atoms with van der Waals surface area (Å²) in [7, 11) is 1.72. The number of thiophene rings is 1. The van der Waals surface area contributed by atoms with Crippen molar-refractivity contribution in [3.8, 4) is 0 Å². The van der Waals surface area contributed by atoms with E-state index in [-0.39, 0.29) is 6.10 Å². The molecule has 0 fully saturated rings. The van der Waals surface area contributed by atoms with Crippen LogP contribution < -0.4 is 0 Å². The molecule has 9 heavy (non-hydrogen) atoms. The van der Waals surface area contributed by atoms with Crippen LogP contribution in [0.3, 0.4) is 0 Å². The van der Waals surface area contributed by atoms with E-state index in [9.17, 15) is 0 Å². The lowest BCUT2D eigenvalue weighted by Gasteiger charge is -2.04. The van der Waals surface area contributed by atoms with Crippen LogP contribution in [0.15, 0.2) is 16.8 Å². The van der Waals surface area contributed by atoms with E-state index in [4.69, 9.17) is 4.74 Å². The number of ether oxygens (including phenoxy) is 1. The maximum Gasteiger partial charge on any atom is 0.0801 e. The van der Waals surface area contributed by atoms with Crippen molar-refractivity contribution in [3.63, 3.8) is 0 Å². The third kappa shape index (κ3) is 1.53. The molecule has 1 heterocycles. The maximum atomic E-state index is 5.10. The molecule has 1 aromatic heterocycles. The Bertz CT molecular complexity index is 157. The molecule has 0 amide bonds. The fourth-order valence-electron chi connectivity index (χ4n) is 0.642. The van der Waals surface area contributed by atoms with Crippen molar-refractivity contribution in [2.75, 3.05) is 7.11 Å². The minimum Gasteiger partial charge on any atom is -0.377 e. The molecule has 0 spiro atoms. The summed E-state index contributed by atoms with van der Waals surface area (Å²) in [6, 6.07) is 2.08. The van der Waals surface area contributed by atoms with Crippen LogP contribution in [0.5, 0.6) is 0 Å². The summed E-state index contributed by atoms with van der Waals surface area (Å²) >= 11 is 1.70. The summed E-state index contributed by atoms with van der Waals surface area (Å²) in [6.45, 7) is 2.04. The smallest absolute Gasteiger partial charge is 0.0801 e. The highest BCUT2D eigenvalue weighted by atomic mass is 32.1. The zero-order valence-corrected chi connectivity index (χ0v) is 6.44. The Morgan fingerprint density at radius 3 is 2.89 bits per heavy atom. The number of hydrogen-bond donors (Lipinski definition) is 0. The average Bonchev–Trinajstić information content (AvgIpc) is 2.37. The van der Waals surface area contributed by atoms with Gasteiger partial charge in [0.2, 0.25) is 0 Å². The normalized spacial score (nSPS) is 13.6. The van der Waals surface area contributed by atoms with E-state index >= 15 is 0 Å². The van der Waals surface area contributed by atoms with Crippen LogP contribution in [-0.2, 0) is 4.74 Å². The van der Waals surface area contributed by atoms with Crippen LogP contribution in [0.4, 0.5) is 0 Å². The van der Waals surface area contributed by atoms with Gasteiger partial charge in [0.05, 0.1) is 6.10 Å². The fourth-order valence-corrected chi connectivity index (χ4v) is 1.38. The highest BCUT2D eigenvalue weighted by molar-refractivity contribution is 7.07.